The molecule has 0 aliphatic carbocycles. The van der Waals surface area contributed by atoms with Gasteiger partial charge >= 0.3 is 0 Å². The van der Waals surface area contributed by atoms with E-state index in [9.17, 15) is 0 Å². The molecule has 0 aliphatic rings. The first kappa shape index (κ1) is 15.1. The number of rotatable bonds is 5. The van der Waals surface area contributed by atoms with Crippen molar-refractivity contribution in [2.24, 2.45) is 0 Å². The molecule has 0 N–H and O–H groups in total. The summed E-state index contributed by atoms with van der Waals surface area (Å²) in [6, 6.07) is 6.21. The van der Waals surface area contributed by atoms with E-state index in [-0.39, 0.29) is 0 Å². The van der Waals surface area contributed by atoms with E-state index in [0.717, 1.165) is 36.1 Å². The van der Waals surface area contributed by atoms with E-state index >= 15 is 0 Å². The molecule has 1 nitrogen and oxygen atoms in total. The summed E-state index contributed by atoms with van der Waals surface area (Å²) in [6.45, 7) is 7.16. The van der Waals surface area contributed by atoms with Crippen molar-refractivity contribution in [3.05, 3.63) is 28.2 Å². The number of ether oxygens (including phenoxy) is 1. The molecule has 0 aromatic heterocycles. The van der Waals surface area contributed by atoms with Gasteiger partial charge in [-0.2, -0.15) is 0 Å². The molecule has 0 heterocycles. The predicted molar refractivity (Wildman–Crippen MR) is 81.0 cm³/mol. The minimum absolute atomic E-state index is 0.397. The van der Waals surface area contributed by atoms with Crippen LogP contribution in [0.2, 0.25) is 0 Å². The number of hydrogen-bond acceptors (Lipinski definition) is 1. The van der Waals surface area contributed by atoms with E-state index in [1.165, 1.54) is 5.56 Å². The zero-order valence-corrected chi connectivity index (χ0v) is 13.0. The first-order chi connectivity index (χ1) is 8.69. The molecule has 1 aromatic rings. The maximum atomic E-state index is 5.80. The molecule has 98 valence electrons. The molecule has 2 heteroatoms. The van der Waals surface area contributed by atoms with E-state index in [2.05, 4.69) is 54.6 Å². The molecular weight excluding hydrogens is 288 g/mol. The lowest BCUT2D eigenvalue weighted by molar-refractivity contribution is 0.312. The highest BCUT2D eigenvalue weighted by molar-refractivity contribution is 9.10. The summed E-state index contributed by atoms with van der Waals surface area (Å²) in [7, 11) is 0. The fourth-order valence-electron chi connectivity index (χ4n) is 1.71. The minimum Gasteiger partial charge on any atom is -0.493 e. The average Bonchev–Trinajstić information content (AvgIpc) is 2.37. The van der Waals surface area contributed by atoms with Gasteiger partial charge in [-0.25, -0.2) is 0 Å². The van der Waals surface area contributed by atoms with E-state index in [1.807, 2.05) is 12.1 Å². The second kappa shape index (κ2) is 8.21. The predicted octanol–water partition coefficient (Wildman–Crippen LogP) is 5.14. The van der Waals surface area contributed by atoms with Crippen molar-refractivity contribution < 1.29 is 4.74 Å². The summed E-state index contributed by atoms with van der Waals surface area (Å²) in [5.74, 6) is 7.73. The molecule has 0 amide bonds. The molecule has 1 atom stereocenters. The van der Waals surface area contributed by atoms with Gasteiger partial charge in [-0.05, 0) is 36.1 Å². The average molecular weight is 309 g/mol. The summed E-state index contributed by atoms with van der Waals surface area (Å²) >= 11 is 3.52. The van der Waals surface area contributed by atoms with Crippen molar-refractivity contribution in [2.45, 2.75) is 46.0 Å². The van der Waals surface area contributed by atoms with Crippen LogP contribution in [0.1, 0.15) is 51.5 Å². The normalized spacial score (nSPS) is 11.6. The van der Waals surface area contributed by atoms with Crippen LogP contribution in [0.5, 0.6) is 5.75 Å². The fourth-order valence-corrected chi connectivity index (χ4v) is 2.09. The second-order valence-corrected chi connectivity index (χ2v) is 5.26. The van der Waals surface area contributed by atoms with E-state index in [0.29, 0.717) is 5.92 Å². The maximum absolute atomic E-state index is 5.80. The molecular formula is C16H21BrO. The highest BCUT2D eigenvalue weighted by Gasteiger charge is 2.11. The molecule has 0 radical (unpaired) electrons. The van der Waals surface area contributed by atoms with Gasteiger partial charge in [-0.3, -0.25) is 0 Å². The van der Waals surface area contributed by atoms with Crippen LogP contribution in [0.25, 0.3) is 0 Å². The molecule has 1 aromatic carbocycles. The van der Waals surface area contributed by atoms with Crippen LogP contribution in [0.4, 0.5) is 0 Å². The Kier molecular flexibility index (Phi) is 6.90. The van der Waals surface area contributed by atoms with E-state index in [4.69, 9.17) is 4.74 Å². The third-order valence-corrected chi connectivity index (χ3v) is 3.17. The smallest absolute Gasteiger partial charge is 0.122 e. The van der Waals surface area contributed by atoms with Crippen molar-refractivity contribution in [3.8, 4) is 17.6 Å². The largest absolute Gasteiger partial charge is 0.493 e. The Morgan fingerprint density at radius 3 is 2.72 bits per heavy atom. The monoisotopic (exact) mass is 308 g/mol. The van der Waals surface area contributed by atoms with Crippen molar-refractivity contribution in [1.82, 2.24) is 0 Å². The summed E-state index contributed by atoms with van der Waals surface area (Å²) in [4.78, 5) is 0. The first-order valence-electron chi connectivity index (χ1n) is 6.57. The summed E-state index contributed by atoms with van der Waals surface area (Å²) in [5.41, 5.74) is 1.24. The number of benzene rings is 1. The van der Waals surface area contributed by atoms with Crippen LogP contribution in [-0.4, -0.2) is 6.61 Å². The summed E-state index contributed by atoms with van der Waals surface area (Å²) in [5, 5.41) is 0. The molecule has 1 rings (SSSR count). The standard InChI is InChI=1S/C16H21BrO/c1-4-6-7-8-13(3)15-12-14(17)9-10-16(15)18-11-5-2/h9-10,12-13H,4-5,8,11H2,1-3H3. The van der Waals surface area contributed by atoms with Crippen LogP contribution >= 0.6 is 15.9 Å². The van der Waals surface area contributed by atoms with E-state index < -0.39 is 0 Å². The number of hydrogen-bond donors (Lipinski definition) is 0. The lowest BCUT2D eigenvalue weighted by atomic mass is 9.97. The molecule has 0 saturated carbocycles. The van der Waals surface area contributed by atoms with E-state index in [1.54, 1.807) is 0 Å². The van der Waals surface area contributed by atoms with Gasteiger partial charge in [0, 0.05) is 17.3 Å². The Hall–Kier alpha value is -0.940. The Bertz CT molecular complexity index is 428. The molecule has 0 aliphatic heterocycles. The second-order valence-electron chi connectivity index (χ2n) is 4.34. The van der Waals surface area contributed by atoms with Gasteiger partial charge < -0.3 is 4.74 Å². The Morgan fingerprint density at radius 1 is 1.28 bits per heavy atom. The maximum Gasteiger partial charge on any atom is 0.122 e. The van der Waals surface area contributed by atoms with Crippen molar-refractivity contribution in [1.29, 1.82) is 0 Å². The third-order valence-electron chi connectivity index (χ3n) is 2.67. The first-order valence-corrected chi connectivity index (χ1v) is 7.36. The minimum atomic E-state index is 0.397. The molecule has 1 unspecified atom stereocenters. The van der Waals surface area contributed by atoms with Crippen molar-refractivity contribution in [3.63, 3.8) is 0 Å². The highest BCUT2D eigenvalue weighted by Crippen LogP contribution is 2.31. The zero-order valence-electron chi connectivity index (χ0n) is 11.4. The summed E-state index contributed by atoms with van der Waals surface area (Å²) in [6.07, 6.45) is 2.83. The SMILES string of the molecule is CCC#CCC(C)c1cc(Br)ccc1OCCC. The zero-order chi connectivity index (χ0) is 13.4. The Labute approximate surface area is 119 Å². The topological polar surface area (TPSA) is 9.23 Å². The Morgan fingerprint density at radius 2 is 2.06 bits per heavy atom. The number of halogens is 1. The van der Waals surface area contributed by atoms with Gasteiger partial charge in [0.25, 0.3) is 0 Å². The van der Waals surface area contributed by atoms with Crippen LogP contribution in [0.3, 0.4) is 0 Å². The molecule has 0 fully saturated rings. The highest BCUT2D eigenvalue weighted by atomic mass is 79.9. The van der Waals surface area contributed by atoms with Gasteiger partial charge in [0.15, 0.2) is 0 Å². The van der Waals surface area contributed by atoms with Crippen LogP contribution in [0, 0.1) is 11.8 Å². The van der Waals surface area contributed by atoms with Gasteiger partial charge in [0.1, 0.15) is 5.75 Å². The lowest BCUT2D eigenvalue weighted by Crippen LogP contribution is -2.01. The fraction of sp³-hybridized carbons (Fsp3) is 0.500. The van der Waals surface area contributed by atoms with Crippen molar-refractivity contribution >= 4 is 15.9 Å². The molecule has 18 heavy (non-hydrogen) atoms. The van der Waals surface area contributed by atoms with Crippen molar-refractivity contribution in [2.75, 3.05) is 6.61 Å². The third kappa shape index (κ3) is 4.74. The molecule has 0 spiro atoms. The van der Waals surface area contributed by atoms with Gasteiger partial charge in [-0.1, -0.05) is 36.7 Å². The summed E-state index contributed by atoms with van der Waals surface area (Å²) < 4.78 is 6.89. The quantitative estimate of drug-likeness (QED) is 0.684. The molecule has 0 bridgehead atoms. The lowest BCUT2D eigenvalue weighted by Gasteiger charge is -2.15. The van der Waals surface area contributed by atoms with Crippen LogP contribution in [0.15, 0.2) is 22.7 Å². The van der Waals surface area contributed by atoms with Gasteiger partial charge in [0.05, 0.1) is 6.61 Å². The van der Waals surface area contributed by atoms with Gasteiger partial charge in [0.2, 0.25) is 0 Å². The van der Waals surface area contributed by atoms with Crippen LogP contribution < -0.4 is 4.74 Å². The molecule has 0 saturated heterocycles. The Balaban J connectivity index is 2.86. The van der Waals surface area contributed by atoms with Gasteiger partial charge in [-0.15, -0.1) is 11.8 Å². The van der Waals surface area contributed by atoms with Crippen LogP contribution in [-0.2, 0) is 0 Å².